The normalized spacial score (nSPS) is 12.4. The Morgan fingerprint density at radius 1 is 1.42 bits per heavy atom. The number of hydrogen-bond acceptors (Lipinski definition) is 4. The molecule has 0 aliphatic rings. The summed E-state index contributed by atoms with van der Waals surface area (Å²) in [6.07, 6.45) is -0.673. The second kappa shape index (κ2) is 8.63. The van der Waals surface area contributed by atoms with Crippen molar-refractivity contribution < 1.29 is 14.6 Å². The van der Waals surface area contributed by atoms with Crippen molar-refractivity contribution in [1.82, 2.24) is 10.2 Å². The van der Waals surface area contributed by atoms with E-state index in [2.05, 4.69) is 5.32 Å². The van der Waals surface area contributed by atoms with Crippen molar-refractivity contribution in [2.24, 2.45) is 0 Å². The number of ether oxygens (including phenoxy) is 1. The quantitative estimate of drug-likeness (QED) is 0.534. The van der Waals surface area contributed by atoms with Gasteiger partial charge in [0.1, 0.15) is 6.23 Å². The predicted molar refractivity (Wildman–Crippen MR) is 73.4 cm³/mol. The Bertz CT molecular complexity index is 368. The molecular weight excluding hydrogens is 244 g/mol. The number of aliphatic hydroxyl groups is 1. The first-order valence-electron chi connectivity index (χ1n) is 6.35. The molecule has 0 saturated carbocycles. The van der Waals surface area contributed by atoms with Crippen molar-refractivity contribution >= 4 is 5.91 Å². The van der Waals surface area contributed by atoms with Crippen molar-refractivity contribution in [2.75, 3.05) is 26.8 Å². The highest BCUT2D eigenvalue weighted by Gasteiger charge is 2.15. The number of nitrogens with zero attached hydrogens (tertiary/aromatic N) is 1. The first kappa shape index (κ1) is 15.6. The molecule has 0 heterocycles. The van der Waals surface area contributed by atoms with Crippen LogP contribution in [0.1, 0.15) is 12.5 Å². The minimum absolute atomic E-state index is 0.117. The van der Waals surface area contributed by atoms with E-state index in [1.165, 1.54) is 0 Å². The SMILES string of the molecule is COCCNC(=O)CN(Cc1ccccc1)C(C)O. The summed E-state index contributed by atoms with van der Waals surface area (Å²) in [4.78, 5) is 13.4. The second-order valence-corrected chi connectivity index (χ2v) is 4.37. The van der Waals surface area contributed by atoms with E-state index >= 15 is 0 Å². The van der Waals surface area contributed by atoms with Crippen LogP contribution in [-0.4, -0.2) is 48.9 Å². The van der Waals surface area contributed by atoms with Gasteiger partial charge in [0.25, 0.3) is 0 Å². The summed E-state index contributed by atoms with van der Waals surface area (Å²) in [6, 6.07) is 9.76. The largest absolute Gasteiger partial charge is 0.383 e. The van der Waals surface area contributed by atoms with Crippen molar-refractivity contribution in [3.8, 4) is 0 Å². The number of carbonyl (C=O) groups is 1. The summed E-state index contributed by atoms with van der Waals surface area (Å²) in [5, 5.41) is 12.5. The number of rotatable bonds is 8. The van der Waals surface area contributed by atoms with Crippen LogP contribution in [0.5, 0.6) is 0 Å². The van der Waals surface area contributed by atoms with Gasteiger partial charge in [0.05, 0.1) is 13.2 Å². The van der Waals surface area contributed by atoms with E-state index in [0.717, 1.165) is 5.56 Å². The summed E-state index contributed by atoms with van der Waals surface area (Å²) in [5.74, 6) is -0.117. The number of methoxy groups -OCH3 is 1. The minimum Gasteiger partial charge on any atom is -0.383 e. The number of nitrogens with one attached hydrogen (secondary N) is 1. The van der Waals surface area contributed by atoms with Crippen molar-refractivity contribution in [3.05, 3.63) is 35.9 Å². The second-order valence-electron chi connectivity index (χ2n) is 4.37. The van der Waals surface area contributed by atoms with Gasteiger partial charge in [-0.05, 0) is 12.5 Å². The Hall–Kier alpha value is -1.43. The number of benzene rings is 1. The molecule has 0 aromatic heterocycles. The molecule has 1 unspecified atom stereocenters. The van der Waals surface area contributed by atoms with E-state index in [4.69, 9.17) is 4.74 Å². The predicted octanol–water partition coefficient (Wildman–Crippen LogP) is 0.590. The third-order valence-corrected chi connectivity index (χ3v) is 2.73. The van der Waals surface area contributed by atoms with Gasteiger partial charge >= 0.3 is 0 Å². The van der Waals surface area contributed by atoms with Gasteiger partial charge in [0.15, 0.2) is 0 Å². The highest BCUT2D eigenvalue weighted by Crippen LogP contribution is 2.06. The monoisotopic (exact) mass is 266 g/mol. The van der Waals surface area contributed by atoms with Crippen molar-refractivity contribution in [3.63, 3.8) is 0 Å². The van der Waals surface area contributed by atoms with Gasteiger partial charge < -0.3 is 15.2 Å². The molecule has 0 aliphatic heterocycles. The number of carbonyl (C=O) groups excluding carboxylic acids is 1. The average molecular weight is 266 g/mol. The first-order valence-corrected chi connectivity index (χ1v) is 6.35. The van der Waals surface area contributed by atoms with Gasteiger partial charge in [-0.25, -0.2) is 0 Å². The van der Waals surface area contributed by atoms with E-state index in [1.807, 2.05) is 30.3 Å². The Labute approximate surface area is 114 Å². The molecule has 0 spiro atoms. The maximum atomic E-state index is 11.7. The summed E-state index contributed by atoms with van der Waals surface area (Å²) in [6.45, 7) is 3.32. The fourth-order valence-electron chi connectivity index (χ4n) is 1.67. The van der Waals surface area contributed by atoms with E-state index in [-0.39, 0.29) is 12.5 Å². The molecule has 1 aromatic carbocycles. The Morgan fingerprint density at radius 2 is 2.11 bits per heavy atom. The summed E-state index contributed by atoms with van der Waals surface area (Å²) >= 11 is 0. The van der Waals surface area contributed by atoms with Crippen LogP contribution in [0.15, 0.2) is 30.3 Å². The fourth-order valence-corrected chi connectivity index (χ4v) is 1.67. The zero-order valence-corrected chi connectivity index (χ0v) is 11.5. The topological polar surface area (TPSA) is 61.8 Å². The molecule has 0 saturated heterocycles. The molecule has 2 N–H and O–H groups in total. The molecule has 1 atom stereocenters. The molecule has 1 rings (SSSR count). The standard InChI is InChI=1S/C14H22N2O3/c1-12(17)16(10-13-6-4-3-5-7-13)11-14(18)15-8-9-19-2/h3-7,12,17H,8-11H2,1-2H3,(H,15,18). The van der Waals surface area contributed by atoms with Crippen molar-refractivity contribution in [1.29, 1.82) is 0 Å². The molecular formula is C14H22N2O3. The van der Waals surface area contributed by atoms with Crippen LogP contribution in [0.25, 0.3) is 0 Å². The molecule has 0 radical (unpaired) electrons. The molecule has 106 valence electrons. The summed E-state index contributed by atoms with van der Waals surface area (Å²) in [5.41, 5.74) is 1.06. The molecule has 1 aromatic rings. The lowest BCUT2D eigenvalue weighted by Gasteiger charge is -2.24. The first-order chi connectivity index (χ1) is 9.13. The Morgan fingerprint density at radius 3 is 2.68 bits per heavy atom. The van der Waals surface area contributed by atoms with Gasteiger partial charge in [-0.3, -0.25) is 9.69 Å². The summed E-state index contributed by atoms with van der Waals surface area (Å²) in [7, 11) is 1.59. The van der Waals surface area contributed by atoms with Crippen LogP contribution in [0, 0.1) is 0 Å². The third kappa shape index (κ3) is 6.33. The fraction of sp³-hybridized carbons (Fsp3) is 0.500. The van der Waals surface area contributed by atoms with Gasteiger partial charge in [-0.15, -0.1) is 0 Å². The minimum atomic E-state index is -0.673. The third-order valence-electron chi connectivity index (χ3n) is 2.73. The van der Waals surface area contributed by atoms with Crippen LogP contribution in [0.3, 0.4) is 0 Å². The lowest BCUT2D eigenvalue weighted by atomic mass is 10.2. The van der Waals surface area contributed by atoms with E-state index < -0.39 is 6.23 Å². The van der Waals surface area contributed by atoms with Crippen LogP contribution >= 0.6 is 0 Å². The van der Waals surface area contributed by atoms with Crippen LogP contribution in [0.4, 0.5) is 0 Å². The number of hydrogen-bond donors (Lipinski definition) is 2. The van der Waals surface area contributed by atoms with Gasteiger partial charge in [0, 0.05) is 20.2 Å². The Balaban J connectivity index is 2.47. The maximum Gasteiger partial charge on any atom is 0.234 e. The van der Waals surface area contributed by atoms with Crippen LogP contribution in [0.2, 0.25) is 0 Å². The lowest BCUT2D eigenvalue weighted by molar-refractivity contribution is -0.125. The molecule has 5 heteroatoms. The molecule has 1 amide bonds. The van der Waals surface area contributed by atoms with Crippen molar-refractivity contribution in [2.45, 2.75) is 19.7 Å². The zero-order chi connectivity index (χ0) is 14.1. The number of aliphatic hydroxyl groups excluding tert-OH is 1. The lowest BCUT2D eigenvalue weighted by Crippen LogP contribution is -2.42. The molecule has 0 aliphatic carbocycles. The Kier molecular flexibility index (Phi) is 7.10. The highest BCUT2D eigenvalue weighted by atomic mass is 16.5. The van der Waals surface area contributed by atoms with Gasteiger partial charge in [0.2, 0.25) is 5.91 Å². The van der Waals surface area contributed by atoms with E-state index in [9.17, 15) is 9.90 Å². The van der Waals surface area contributed by atoms with Gasteiger partial charge in [-0.2, -0.15) is 0 Å². The van der Waals surface area contributed by atoms with Gasteiger partial charge in [-0.1, -0.05) is 30.3 Å². The van der Waals surface area contributed by atoms with Crippen LogP contribution in [-0.2, 0) is 16.1 Å². The molecule has 5 nitrogen and oxygen atoms in total. The zero-order valence-electron chi connectivity index (χ0n) is 11.5. The molecule has 19 heavy (non-hydrogen) atoms. The number of amides is 1. The smallest absolute Gasteiger partial charge is 0.234 e. The molecule has 0 fully saturated rings. The average Bonchev–Trinajstić information content (AvgIpc) is 2.39. The summed E-state index contributed by atoms with van der Waals surface area (Å²) < 4.78 is 4.86. The maximum absolute atomic E-state index is 11.7. The molecule has 0 bridgehead atoms. The van der Waals surface area contributed by atoms with E-state index in [1.54, 1.807) is 18.9 Å². The van der Waals surface area contributed by atoms with E-state index in [0.29, 0.717) is 19.7 Å². The van der Waals surface area contributed by atoms with Crippen LogP contribution < -0.4 is 5.32 Å². The highest BCUT2D eigenvalue weighted by molar-refractivity contribution is 5.78.